The number of benzene rings is 1. The lowest BCUT2D eigenvalue weighted by molar-refractivity contribution is 0.0828. The van der Waals surface area contributed by atoms with E-state index in [1.165, 1.54) is 38.6 Å². The average Bonchev–Trinajstić information content (AvgIpc) is 2.62. The Bertz CT molecular complexity index is 591. The second-order valence-electron chi connectivity index (χ2n) is 7.66. The van der Waals surface area contributed by atoms with E-state index in [2.05, 4.69) is 9.80 Å². The number of rotatable bonds is 4. The Balaban J connectivity index is 1.55. The zero-order valence-corrected chi connectivity index (χ0v) is 16.3. The Labute approximate surface area is 156 Å². The Morgan fingerprint density at radius 2 is 1.80 bits per heavy atom. The van der Waals surface area contributed by atoms with Gasteiger partial charge in [-0.15, -0.1) is 0 Å². The molecule has 1 saturated carbocycles. The Morgan fingerprint density at radius 3 is 2.40 bits per heavy atom. The summed E-state index contributed by atoms with van der Waals surface area (Å²) >= 11 is 6.36. The molecule has 2 fully saturated rings. The summed E-state index contributed by atoms with van der Waals surface area (Å²) < 4.78 is 0. The van der Waals surface area contributed by atoms with Crippen LogP contribution < -0.4 is 4.90 Å². The molecule has 1 aliphatic heterocycles. The van der Waals surface area contributed by atoms with E-state index in [9.17, 15) is 4.79 Å². The van der Waals surface area contributed by atoms with Crippen LogP contribution in [0.1, 0.15) is 42.5 Å². The summed E-state index contributed by atoms with van der Waals surface area (Å²) in [7, 11) is 3.50. The average molecular weight is 364 g/mol. The van der Waals surface area contributed by atoms with Gasteiger partial charge in [0.15, 0.2) is 0 Å². The van der Waals surface area contributed by atoms with Gasteiger partial charge in [-0.25, -0.2) is 0 Å². The molecule has 1 saturated heterocycles. The summed E-state index contributed by atoms with van der Waals surface area (Å²) in [6.07, 6.45) is 7.09. The molecule has 0 radical (unpaired) electrons. The first-order chi connectivity index (χ1) is 12.0. The summed E-state index contributed by atoms with van der Waals surface area (Å²) in [5.74, 6) is 0.861. The normalized spacial score (nSPS) is 19.9. The van der Waals surface area contributed by atoms with Crippen molar-refractivity contribution < 1.29 is 4.79 Å². The number of hydrogen-bond donors (Lipinski definition) is 0. The predicted octanol–water partition coefficient (Wildman–Crippen LogP) is 3.74. The molecular formula is C20H30ClN3O. The van der Waals surface area contributed by atoms with E-state index >= 15 is 0 Å². The van der Waals surface area contributed by atoms with Crippen molar-refractivity contribution in [3.8, 4) is 0 Å². The smallest absolute Gasteiger partial charge is 0.254 e. The maximum Gasteiger partial charge on any atom is 0.254 e. The van der Waals surface area contributed by atoms with Gasteiger partial charge in [-0.2, -0.15) is 0 Å². The van der Waals surface area contributed by atoms with E-state index in [-0.39, 0.29) is 5.91 Å². The summed E-state index contributed by atoms with van der Waals surface area (Å²) in [6.45, 7) is 5.57. The molecule has 3 rings (SSSR count). The minimum absolute atomic E-state index is 0.0474. The molecule has 0 spiro atoms. The lowest BCUT2D eigenvalue weighted by Gasteiger charge is -2.38. The number of anilines is 1. The molecule has 25 heavy (non-hydrogen) atoms. The number of hydrogen-bond acceptors (Lipinski definition) is 3. The van der Waals surface area contributed by atoms with Gasteiger partial charge in [0.2, 0.25) is 0 Å². The van der Waals surface area contributed by atoms with Crippen LogP contribution in [0.15, 0.2) is 18.2 Å². The molecule has 1 aromatic carbocycles. The van der Waals surface area contributed by atoms with Crippen molar-refractivity contribution in [1.29, 1.82) is 0 Å². The van der Waals surface area contributed by atoms with Gasteiger partial charge in [0, 0.05) is 52.5 Å². The maximum absolute atomic E-state index is 12.1. The molecule has 0 N–H and O–H groups in total. The van der Waals surface area contributed by atoms with Gasteiger partial charge in [0.05, 0.1) is 10.6 Å². The van der Waals surface area contributed by atoms with Crippen LogP contribution in [0.3, 0.4) is 0 Å². The fourth-order valence-electron chi connectivity index (χ4n) is 4.04. The van der Waals surface area contributed by atoms with Crippen LogP contribution in [0, 0.1) is 5.92 Å². The van der Waals surface area contributed by atoms with Crippen molar-refractivity contribution in [2.75, 3.05) is 51.7 Å². The minimum atomic E-state index is -0.0474. The molecule has 0 bridgehead atoms. The molecule has 2 aliphatic rings. The topological polar surface area (TPSA) is 26.8 Å². The number of amides is 1. The molecular weight excluding hydrogens is 334 g/mol. The highest BCUT2D eigenvalue weighted by molar-refractivity contribution is 6.34. The van der Waals surface area contributed by atoms with E-state index in [1.807, 2.05) is 18.2 Å². The first kappa shape index (κ1) is 18.5. The molecule has 1 aliphatic carbocycles. The SMILES string of the molecule is CN(C)C(=O)c1ccc(N2CCN(CC3CCCCC3)CC2)cc1Cl. The van der Waals surface area contributed by atoms with E-state index in [0.717, 1.165) is 37.8 Å². The van der Waals surface area contributed by atoms with Gasteiger partial charge in [0.25, 0.3) is 5.91 Å². The molecule has 4 nitrogen and oxygen atoms in total. The fraction of sp³-hybridized carbons (Fsp3) is 0.650. The van der Waals surface area contributed by atoms with Crippen molar-refractivity contribution in [2.45, 2.75) is 32.1 Å². The number of nitrogens with zero attached hydrogens (tertiary/aromatic N) is 3. The van der Waals surface area contributed by atoms with E-state index in [0.29, 0.717) is 10.6 Å². The Hall–Kier alpha value is -1.26. The van der Waals surface area contributed by atoms with Crippen molar-refractivity contribution in [3.05, 3.63) is 28.8 Å². The minimum Gasteiger partial charge on any atom is -0.369 e. The van der Waals surface area contributed by atoms with Crippen LogP contribution in [-0.4, -0.2) is 62.5 Å². The van der Waals surface area contributed by atoms with Crippen LogP contribution in [0.5, 0.6) is 0 Å². The molecule has 1 aromatic rings. The summed E-state index contributed by atoms with van der Waals surface area (Å²) in [5.41, 5.74) is 1.70. The van der Waals surface area contributed by atoms with E-state index in [4.69, 9.17) is 11.6 Å². The van der Waals surface area contributed by atoms with Gasteiger partial charge >= 0.3 is 0 Å². The number of carbonyl (C=O) groups is 1. The zero-order valence-electron chi connectivity index (χ0n) is 15.5. The largest absolute Gasteiger partial charge is 0.369 e. The standard InChI is InChI=1S/C20H30ClN3O/c1-22(2)20(25)18-9-8-17(14-19(18)21)24-12-10-23(11-13-24)15-16-6-4-3-5-7-16/h8-9,14,16H,3-7,10-13,15H2,1-2H3. The zero-order chi connectivity index (χ0) is 17.8. The van der Waals surface area contributed by atoms with Crippen molar-refractivity contribution in [2.24, 2.45) is 5.92 Å². The number of carbonyl (C=O) groups excluding carboxylic acids is 1. The summed E-state index contributed by atoms with van der Waals surface area (Å²) in [6, 6.07) is 5.82. The quantitative estimate of drug-likeness (QED) is 0.815. The third-order valence-electron chi connectivity index (χ3n) is 5.57. The van der Waals surface area contributed by atoms with Crippen LogP contribution in [0.25, 0.3) is 0 Å². The molecule has 5 heteroatoms. The van der Waals surface area contributed by atoms with Crippen molar-refractivity contribution >= 4 is 23.2 Å². The second-order valence-corrected chi connectivity index (χ2v) is 8.06. The van der Waals surface area contributed by atoms with Gasteiger partial charge in [0.1, 0.15) is 0 Å². The highest BCUT2D eigenvalue weighted by atomic mass is 35.5. The van der Waals surface area contributed by atoms with Gasteiger partial charge in [-0.1, -0.05) is 30.9 Å². The summed E-state index contributed by atoms with van der Waals surface area (Å²) in [5, 5.41) is 0.542. The summed E-state index contributed by atoms with van der Waals surface area (Å²) in [4.78, 5) is 18.7. The fourth-order valence-corrected chi connectivity index (χ4v) is 4.29. The Kier molecular flexibility index (Phi) is 6.24. The molecule has 0 unspecified atom stereocenters. The highest BCUT2D eigenvalue weighted by Crippen LogP contribution is 2.27. The third kappa shape index (κ3) is 4.68. The van der Waals surface area contributed by atoms with Crippen molar-refractivity contribution in [3.63, 3.8) is 0 Å². The Morgan fingerprint density at radius 1 is 1.12 bits per heavy atom. The highest BCUT2D eigenvalue weighted by Gasteiger charge is 2.22. The van der Waals surface area contributed by atoms with Gasteiger partial charge in [-0.3, -0.25) is 9.69 Å². The molecule has 1 amide bonds. The lowest BCUT2D eigenvalue weighted by Crippen LogP contribution is -2.48. The molecule has 0 aromatic heterocycles. The first-order valence-corrected chi connectivity index (χ1v) is 9.91. The predicted molar refractivity (Wildman–Crippen MR) is 105 cm³/mol. The van der Waals surface area contributed by atoms with Gasteiger partial charge in [-0.05, 0) is 37.0 Å². The first-order valence-electron chi connectivity index (χ1n) is 9.53. The van der Waals surface area contributed by atoms with Crippen LogP contribution in [-0.2, 0) is 0 Å². The van der Waals surface area contributed by atoms with Crippen molar-refractivity contribution in [1.82, 2.24) is 9.80 Å². The monoisotopic (exact) mass is 363 g/mol. The second kappa shape index (κ2) is 8.41. The van der Waals surface area contributed by atoms with Crippen LogP contribution in [0.4, 0.5) is 5.69 Å². The lowest BCUT2D eigenvalue weighted by atomic mass is 9.89. The molecule has 1 heterocycles. The van der Waals surface area contributed by atoms with E-state index < -0.39 is 0 Å². The number of piperazine rings is 1. The molecule has 0 atom stereocenters. The molecule has 138 valence electrons. The number of halogens is 1. The maximum atomic E-state index is 12.1. The van der Waals surface area contributed by atoms with Gasteiger partial charge < -0.3 is 9.80 Å². The van der Waals surface area contributed by atoms with Crippen LogP contribution in [0.2, 0.25) is 5.02 Å². The van der Waals surface area contributed by atoms with Crippen LogP contribution >= 0.6 is 11.6 Å². The van der Waals surface area contributed by atoms with E-state index in [1.54, 1.807) is 19.0 Å². The third-order valence-corrected chi connectivity index (χ3v) is 5.88.